The highest BCUT2D eigenvalue weighted by Crippen LogP contribution is 2.15. The molecule has 9 heteroatoms. The summed E-state index contributed by atoms with van der Waals surface area (Å²) in [5, 5.41) is 2.87. The molecule has 1 saturated heterocycles. The maximum Gasteiger partial charge on any atom is 0.323 e. The number of piperazine rings is 1. The number of nitrogens with zero attached hydrogens (tertiary/aromatic N) is 2. The molecule has 2 heterocycles. The number of benzene rings is 1. The van der Waals surface area contributed by atoms with Gasteiger partial charge in [-0.3, -0.25) is 14.5 Å². The normalized spacial score (nSPS) is 17.4. The van der Waals surface area contributed by atoms with Crippen molar-refractivity contribution in [1.29, 1.82) is 0 Å². The number of ether oxygens (including phenoxy) is 1. The van der Waals surface area contributed by atoms with E-state index in [2.05, 4.69) is 15.3 Å². The standard InChI is InChI=1S/C19H25N5O4/c1-13-5-3-4-6-16(13)28-10-7-20-17(25)15-12-24(9-8-23(15)2)18(26)14-11-21-19(27)22-14/h3-6,11,15H,7-10,12H2,1-2H3,(H,20,25)(H2,21,22,27)/t15-/m0/s1. The highest BCUT2D eigenvalue weighted by atomic mass is 16.5. The first kappa shape index (κ1) is 19.7. The Labute approximate surface area is 162 Å². The number of hydrogen-bond donors (Lipinski definition) is 3. The average molecular weight is 387 g/mol. The summed E-state index contributed by atoms with van der Waals surface area (Å²) in [5.41, 5.74) is 0.804. The molecule has 0 unspecified atom stereocenters. The van der Waals surface area contributed by atoms with Crippen molar-refractivity contribution >= 4 is 11.8 Å². The second-order valence-electron chi connectivity index (χ2n) is 6.81. The maximum atomic E-state index is 12.6. The highest BCUT2D eigenvalue weighted by Gasteiger charge is 2.32. The Morgan fingerprint density at radius 1 is 1.29 bits per heavy atom. The SMILES string of the molecule is Cc1ccccc1OCCNC(=O)[C@@H]1CN(C(=O)c2c[nH]c(=O)[nH]2)CCN1C. The monoisotopic (exact) mass is 387 g/mol. The van der Waals surface area contributed by atoms with Gasteiger partial charge < -0.3 is 24.9 Å². The molecular formula is C19H25N5O4. The van der Waals surface area contributed by atoms with Crippen LogP contribution in [-0.2, 0) is 4.79 Å². The highest BCUT2D eigenvalue weighted by molar-refractivity contribution is 5.93. The number of hydrogen-bond acceptors (Lipinski definition) is 5. The Bertz CT molecular complexity index is 890. The van der Waals surface area contributed by atoms with Gasteiger partial charge >= 0.3 is 5.69 Å². The van der Waals surface area contributed by atoms with Gasteiger partial charge in [-0.25, -0.2) is 4.79 Å². The number of aryl methyl sites for hydroxylation is 1. The van der Waals surface area contributed by atoms with Gasteiger partial charge in [0.05, 0.1) is 6.54 Å². The summed E-state index contributed by atoms with van der Waals surface area (Å²) >= 11 is 0. The number of rotatable bonds is 6. The quantitative estimate of drug-likeness (QED) is 0.603. The Hall–Kier alpha value is -3.07. The predicted molar refractivity (Wildman–Crippen MR) is 103 cm³/mol. The molecule has 0 bridgehead atoms. The smallest absolute Gasteiger partial charge is 0.323 e. The van der Waals surface area contributed by atoms with Gasteiger partial charge in [-0.05, 0) is 25.6 Å². The van der Waals surface area contributed by atoms with Crippen molar-refractivity contribution in [2.45, 2.75) is 13.0 Å². The number of carbonyl (C=O) groups excluding carboxylic acids is 2. The number of para-hydroxylation sites is 1. The largest absolute Gasteiger partial charge is 0.491 e. The number of aromatic amines is 2. The van der Waals surface area contributed by atoms with Gasteiger partial charge in [0.25, 0.3) is 5.91 Å². The van der Waals surface area contributed by atoms with Gasteiger partial charge in [-0.2, -0.15) is 0 Å². The fourth-order valence-corrected chi connectivity index (χ4v) is 3.13. The number of H-pyrrole nitrogens is 2. The van der Waals surface area contributed by atoms with Gasteiger partial charge in [0.1, 0.15) is 24.1 Å². The number of amides is 2. The molecule has 0 saturated carbocycles. The lowest BCUT2D eigenvalue weighted by Gasteiger charge is -2.38. The summed E-state index contributed by atoms with van der Waals surface area (Å²) in [6.07, 6.45) is 1.35. The van der Waals surface area contributed by atoms with E-state index in [4.69, 9.17) is 4.74 Å². The maximum absolute atomic E-state index is 12.6. The molecule has 1 aromatic carbocycles. The Kier molecular flexibility index (Phi) is 6.15. The van der Waals surface area contributed by atoms with E-state index in [1.165, 1.54) is 6.20 Å². The van der Waals surface area contributed by atoms with Crippen molar-refractivity contribution in [2.24, 2.45) is 0 Å². The first-order valence-electron chi connectivity index (χ1n) is 9.19. The molecule has 0 aliphatic carbocycles. The van der Waals surface area contributed by atoms with Crippen LogP contribution in [0.25, 0.3) is 0 Å². The van der Waals surface area contributed by atoms with Crippen LogP contribution in [0.5, 0.6) is 5.75 Å². The number of carbonyl (C=O) groups is 2. The van der Waals surface area contributed by atoms with Gasteiger partial charge in [0.15, 0.2) is 0 Å². The summed E-state index contributed by atoms with van der Waals surface area (Å²) in [5.74, 6) is 0.340. The average Bonchev–Trinajstić information content (AvgIpc) is 3.12. The fraction of sp³-hybridized carbons (Fsp3) is 0.421. The second-order valence-corrected chi connectivity index (χ2v) is 6.81. The predicted octanol–water partition coefficient (Wildman–Crippen LogP) is -0.0372. The Morgan fingerprint density at radius 2 is 2.07 bits per heavy atom. The van der Waals surface area contributed by atoms with Crippen LogP contribution in [0.1, 0.15) is 16.1 Å². The summed E-state index contributed by atoms with van der Waals surface area (Å²) in [7, 11) is 1.86. The van der Waals surface area contributed by atoms with Crippen molar-refractivity contribution in [3.05, 3.63) is 52.2 Å². The van der Waals surface area contributed by atoms with E-state index < -0.39 is 11.7 Å². The topological polar surface area (TPSA) is 111 Å². The Morgan fingerprint density at radius 3 is 2.79 bits per heavy atom. The lowest BCUT2D eigenvalue weighted by Crippen LogP contribution is -2.59. The van der Waals surface area contributed by atoms with E-state index in [9.17, 15) is 14.4 Å². The summed E-state index contributed by atoms with van der Waals surface area (Å²) in [6.45, 7) is 4.01. The lowest BCUT2D eigenvalue weighted by atomic mass is 10.1. The molecule has 1 aliphatic heterocycles. The second kappa shape index (κ2) is 8.75. The molecular weight excluding hydrogens is 362 g/mol. The molecule has 150 valence electrons. The summed E-state index contributed by atoms with van der Waals surface area (Å²) in [4.78, 5) is 44.7. The molecule has 1 aromatic heterocycles. The zero-order valence-electron chi connectivity index (χ0n) is 16.0. The van der Waals surface area contributed by atoms with Gasteiger partial charge in [-0.15, -0.1) is 0 Å². The van der Waals surface area contributed by atoms with Gasteiger partial charge in [0, 0.05) is 25.8 Å². The van der Waals surface area contributed by atoms with Crippen molar-refractivity contribution in [1.82, 2.24) is 25.1 Å². The molecule has 0 spiro atoms. The molecule has 0 radical (unpaired) electrons. The van der Waals surface area contributed by atoms with E-state index in [1.807, 2.05) is 43.1 Å². The van der Waals surface area contributed by atoms with Crippen LogP contribution < -0.4 is 15.7 Å². The molecule has 2 aromatic rings. The third-order valence-electron chi connectivity index (χ3n) is 4.82. The van der Waals surface area contributed by atoms with Crippen LogP contribution in [-0.4, -0.2) is 77.5 Å². The van der Waals surface area contributed by atoms with E-state index in [0.29, 0.717) is 26.2 Å². The minimum Gasteiger partial charge on any atom is -0.491 e. The molecule has 1 aliphatic rings. The van der Waals surface area contributed by atoms with Crippen LogP contribution in [0.15, 0.2) is 35.3 Å². The third kappa shape index (κ3) is 4.61. The van der Waals surface area contributed by atoms with Crippen molar-refractivity contribution in [2.75, 3.05) is 39.8 Å². The minimum absolute atomic E-state index is 0.157. The molecule has 1 atom stereocenters. The van der Waals surface area contributed by atoms with Crippen LogP contribution in [0.3, 0.4) is 0 Å². The summed E-state index contributed by atoms with van der Waals surface area (Å²) < 4.78 is 5.69. The molecule has 2 amide bonds. The molecule has 1 fully saturated rings. The van der Waals surface area contributed by atoms with Crippen LogP contribution in [0.4, 0.5) is 0 Å². The number of imidazole rings is 1. The van der Waals surface area contributed by atoms with Crippen molar-refractivity contribution in [3.8, 4) is 5.75 Å². The van der Waals surface area contributed by atoms with Crippen molar-refractivity contribution in [3.63, 3.8) is 0 Å². The molecule has 3 rings (SSSR count). The lowest BCUT2D eigenvalue weighted by molar-refractivity contribution is -0.127. The fourth-order valence-electron chi connectivity index (χ4n) is 3.13. The number of aromatic nitrogens is 2. The van der Waals surface area contributed by atoms with E-state index in [0.717, 1.165) is 11.3 Å². The van der Waals surface area contributed by atoms with E-state index in [-0.39, 0.29) is 24.1 Å². The number of likely N-dealkylation sites (N-methyl/N-ethyl adjacent to an activating group) is 1. The minimum atomic E-state index is -0.457. The summed E-state index contributed by atoms with van der Waals surface area (Å²) in [6, 6.07) is 7.25. The van der Waals surface area contributed by atoms with Crippen LogP contribution in [0, 0.1) is 6.92 Å². The Balaban J connectivity index is 1.51. The zero-order valence-corrected chi connectivity index (χ0v) is 16.0. The third-order valence-corrected chi connectivity index (χ3v) is 4.82. The molecule has 3 N–H and O–H groups in total. The molecule has 28 heavy (non-hydrogen) atoms. The number of nitrogens with one attached hydrogen (secondary N) is 3. The van der Waals surface area contributed by atoms with Crippen LogP contribution >= 0.6 is 0 Å². The van der Waals surface area contributed by atoms with E-state index >= 15 is 0 Å². The first-order chi connectivity index (χ1) is 13.5. The van der Waals surface area contributed by atoms with E-state index in [1.54, 1.807) is 4.90 Å². The first-order valence-corrected chi connectivity index (χ1v) is 9.19. The molecule has 9 nitrogen and oxygen atoms in total. The van der Waals surface area contributed by atoms with Gasteiger partial charge in [0.2, 0.25) is 5.91 Å². The van der Waals surface area contributed by atoms with Crippen molar-refractivity contribution < 1.29 is 14.3 Å². The van der Waals surface area contributed by atoms with Crippen LogP contribution in [0.2, 0.25) is 0 Å². The zero-order chi connectivity index (χ0) is 20.1. The van der Waals surface area contributed by atoms with Gasteiger partial charge in [-0.1, -0.05) is 18.2 Å².